The maximum Gasteiger partial charge on any atom is 0.258 e. The SMILES string of the molecule is CCCOc1c2cc(Br)cc1Cc1cc(C(=O)N(C)c3ccccc3)cc(c1OCCC)Cc1cc(Br)cc(c1OCCC)Cc1cc(C(=O)N(C)c3ccccc3)cc(c1OCCC)C2. The number of anilines is 2. The zero-order valence-electron chi connectivity index (χ0n) is 39.0. The standard InChI is InChI=1S/C56H60Br2N2O6/c1-7-21-63-51-37-25-41-33-47(57)35-43(53(41)65-23-9-3)27-39-31-46(56(62)60(6)50-19-15-12-16-20-50)32-40(52(39)64-22-8-2)28-44-36-48(58)34-42(54(44)66-24-10-4)26-38(51)30-45(29-37)55(61)59(5)49-17-13-11-14-18-49/h11-20,29-36H,7-10,21-28H2,1-6H3. The third kappa shape index (κ3) is 11.3. The molecule has 6 aromatic rings. The third-order valence-electron chi connectivity index (χ3n) is 11.6. The Morgan fingerprint density at radius 1 is 0.424 bits per heavy atom. The van der Waals surface area contributed by atoms with Crippen molar-refractivity contribution in [2.24, 2.45) is 0 Å². The highest BCUT2D eigenvalue weighted by Crippen LogP contribution is 2.42. The molecule has 1 aliphatic carbocycles. The van der Waals surface area contributed by atoms with Crippen molar-refractivity contribution in [1.29, 1.82) is 0 Å². The Hall–Kier alpha value is -5.58. The Balaban J connectivity index is 1.53. The average molecular weight is 1020 g/mol. The quantitative estimate of drug-likeness (QED) is 0.0960. The molecule has 0 N–H and O–H groups in total. The van der Waals surface area contributed by atoms with Gasteiger partial charge in [0.05, 0.1) is 26.4 Å². The number of fused-ring (bicyclic) bond motifs is 8. The fourth-order valence-electron chi connectivity index (χ4n) is 8.53. The third-order valence-corrected chi connectivity index (χ3v) is 12.5. The number of para-hydroxylation sites is 2. The first-order chi connectivity index (χ1) is 32.0. The molecule has 0 saturated carbocycles. The van der Waals surface area contributed by atoms with Crippen LogP contribution in [-0.2, 0) is 25.7 Å². The summed E-state index contributed by atoms with van der Waals surface area (Å²) in [5.74, 6) is 2.77. The van der Waals surface area contributed by atoms with Crippen LogP contribution in [0.4, 0.5) is 11.4 Å². The zero-order chi connectivity index (χ0) is 46.7. The molecule has 8 nitrogen and oxygen atoms in total. The molecule has 0 atom stereocenters. The molecule has 0 unspecified atom stereocenters. The monoisotopic (exact) mass is 1010 g/mol. The number of ether oxygens (including phenoxy) is 4. The molecule has 0 aromatic heterocycles. The molecular weight excluding hydrogens is 956 g/mol. The van der Waals surface area contributed by atoms with Crippen molar-refractivity contribution in [3.05, 3.63) is 174 Å². The van der Waals surface area contributed by atoms with Gasteiger partial charge in [0.25, 0.3) is 11.8 Å². The summed E-state index contributed by atoms with van der Waals surface area (Å²) in [6.45, 7) is 10.4. The molecule has 7 rings (SSSR count). The van der Waals surface area contributed by atoms with Gasteiger partial charge in [-0.2, -0.15) is 0 Å². The number of hydrogen-bond donors (Lipinski definition) is 0. The second-order valence-corrected chi connectivity index (χ2v) is 18.7. The highest BCUT2D eigenvalue weighted by molar-refractivity contribution is 9.10. The molecule has 344 valence electrons. The number of hydrogen-bond acceptors (Lipinski definition) is 6. The van der Waals surface area contributed by atoms with Crippen molar-refractivity contribution in [2.45, 2.75) is 79.1 Å². The molecule has 10 heteroatoms. The lowest BCUT2D eigenvalue weighted by Gasteiger charge is -2.25. The van der Waals surface area contributed by atoms with Gasteiger partial charge < -0.3 is 28.7 Å². The number of carbonyl (C=O) groups excluding carboxylic acids is 2. The molecule has 66 heavy (non-hydrogen) atoms. The first kappa shape index (κ1) is 48.4. The summed E-state index contributed by atoms with van der Waals surface area (Å²) < 4.78 is 28.9. The zero-order valence-corrected chi connectivity index (χ0v) is 42.1. The lowest BCUT2D eigenvalue weighted by atomic mass is 9.89. The minimum absolute atomic E-state index is 0.128. The molecule has 0 aliphatic heterocycles. The van der Waals surface area contributed by atoms with Gasteiger partial charge in [-0.25, -0.2) is 0 Å². The number of halogens is 2. The fourth-order valence-corrected chi connectivity index (χ4v) is 9.64. The number of rotatable bonds is 16. The number of amides is 2. The fraction of sp³-hybridized carbons (Fsp3) is 0.321. The first-order valence-electron chi connectivity index (χ1n) is 23.1. The van der Waals surface area contributed by atoms with Crippen LogP contribution < -0.4 is 28.7 Å². The van der Waals surface area contributed by atoms with Crippen molar-refractivity contribution in [3.63, 3.8) is 0 Å². The summed E-state index contributed by atoms with van der Waals surface area (Å²) in [6, 6.07) is 35.8. The van der Waals surface area contributed by atoms with E-state index in [4.69, 9.17) is 18.9 Å². The van der Waals surface area contributed by atoms with Crippen molar-refractivity contribution in [1.82, 2.24) is 0 Å². The Labute approximate surface area is 407 Å². The van der Waals surface area contributed by atoms with Gasteiger partial charge in [-0.05, 0) is 121 Å². The Kier molecular flexibility index (Phi) is 16.7. The Bertz CT molecular complexity index is 2370. The van der Waals surface area contributed by atoms with Crippen LogP contribution in [-0.4, -0.2) is 52.3 Å². The topological polar surface area (TPSA) is 77.5 Å². The van der Waals surface area contributed by atoms with Gasteiger partial charge in [0.15, 0.2) is 0 Å². The van der Waals surface area contributed by atoms with Gasteiger partial charge in [0.1, 0.15) is 23.0 Å². The van der Waals surface area contributed by atoms with Crippen LogP contribution >= 0.6 is 31.9 Å². The van der Waals surface area contributed by atoms with Crippen molar-refractivity contribution >= 4 is 55.0 Å². The molecule has 0 fully saturated rings. The van der Waals surface area contributed by atoms with E-state index in [1.165, 1.54) is 0 Å². The molecule has 0 radical (unpaired) electrons. The molecule has 0 saturated heterocycles. The van der Waals surface area contributed by atoms with Crippen LogP contribution in [0.3, 0.4) is 0 Å². The van der Waals surface area contributed by atoms with Crippen LogP contribution in [0.15, 0.2) is 118 Å². The lowest BCUT2D eigenvalue weighted by Crippen LogP contribution is -2.26. The number of nitrogens with zero attached hydrogens (tertiary/aromatic N) is 2. The Morgan fingerprint density at radius 3 is 0.909 bits per heavy atom. The van der Waals surface area contributed by atoms with Crippen LogP contribution in [0.1, 0.15) is 119 Å². The van der Waals surface area contributed by atoms with E-state index in [0.717, 1.165) is 114 Å². The maximum atomic E-state index is 14.6. The summed E-state index contributed by atoms with van der Waals surface area (Å²) in [5, 5.41) is 0. The normalized spacial score (nSPS) is 12.0. The molecule has 1 aliphatic rings. The van der Waals surface area contributed by atoms with Crippen LogP contribution in [0.2, 0.25) is 0 Å². The van der Waals surface area contributed by atoms with Crippen LogP contribution in [0, 0.1) is 0 Å². The maximum absolute atomic E-state index is 14.6. The average Bonchev–Trinajstić information content (AvgIpc) is 3.32. The lowest BCUT2D eigenvalue weighted by molar-refractivity contribution is 0.0985. The van der Waals surface area contributed by atoms with Crippen LogP contribution in [0.25, 0.3) is 0 Å². The number of benzene rings is 6. The molecule has 8 bridgehead atoms. The van der Waals surface area contributed by atoms with Gasteiger partial charge in [0.2, 0.25) is 0 Å². The van der Waals surface area contributed by atoms with E-state index >= 15 is 0 Å². The van der Waals surface area contributed by atoms with E-state index in [9.17, 15) is 9.59 Å². The summed E-state index contributed by atoms with van der Waals surface area (Å²) >= 11 is 7.78. The predicted molar refractivity (Wildman–Crippen MR) is 274 cm³/mol. The van der Waals surface area contributed by atoms with E-state index in [0.29, 0.717) is 63.2 Å². The highest BCUT2D eigenvalue weighted by Gasteiger charge is 2.27. The van der Waals surface area contributed by atoms with E-state index in [2.05, 4.69) is 83.8 Å². The van der Waals surface area contributed by atoms with Crippen molar-refractivity contribution in [2.75, 3.05) is 50.3 Å². The van der Waals surface area contributed by atoms with Crippen LogP contribution in [0.5, 0.6) is 23.0 Å². The number of carbonyl (C=O) groups is 2. The van der Waals surface area contributed by atoms with E-state index in [-0.39, 0.29) is 11.8 Å². The molecule has 0 spiro atoms. The van der Waals surface area contributed by atoms with E-state index in [1.807, 2.05) is 99.0 Å². The van der Waals surface area contributed by atoms with Gasteiger partial charge in [-0.15, -0.1) is 0 Å². The van der Waals surface area contributed by atoms with Gasteiger partial charge in [0, 0.05) is 93.5 Å². The second-order valence-electron chi connectivity index (χ2n) is 16.9. The highest BCUT2D eigenvalue weighted by atomic mass is 79.9. The van der Waals surface area contributed by atoms with E-state index < -0.39 is 0 Å². The molecular formula is C56H60Br2N2O6. The second kappa shape index (κ2) is 22.7. The van der Waals surface area contributed by atoms with E-state index in [1.54, 1.807) is 9.80 Å². The smallest absolute Gasteiger partial charge is 0.258 e. The Morgan fingerprint density at radius 2 is 0.667 bits per heavy atom. The molecule has 6 aromatic carbocycles. The summed E-state index contributed by atoms with van der Waals surface area (Å²) in [5.41, 5.74) is 9.97. The summed E-state index contributed by atoms with van der Waals surface area (Å²) in [6.07, 6.45) is 4.90. The molecule has 0 heterocycles. The minimum Gasteiger partial charge on any atom is -0.493 e. The summed E-state index contributed by atoms with van der Waals surface area (Å²) in [4.78, 5) is 32.7. The molecule has 2 amide bonds. The predicted octanol–water partition coefficient (Wildman–Crippen LogP) is 13.6. The van der Waals surface area contributed by atoms with Gasteiger partial charge in [-0.1, -0.05) is 96.0 Å². The van der Waals surface area contributed by atoms with Crippen molar-refractivity contribution in [3.8, 4) is 23.0 Å². The van der Waals surface area contributed by atoms with Gasteiger partial charge >= 0.3 is 0 Å². The summed E-state index contributed by atoms with van der Waals surface area (Å²) in [7, 11) is 3.63. The first-order valence-corrected chi connectivity index (χ1v) is 24.7. The minimum atomic E-state index is -0.128. The largest absolute Gasteiger partial charge is 0.493 e. The van der Waals surface area contributed by atoms with Crippen molar-refractivity contribution < 1.29 is 28.5 Å². The van der Waals surface area contributed by atoms with Gasteiger partial charge in [-0.3, -0.25) is 9.59 Å².